The van der Waals surface area contributed by atoms with Gasteiger partial charge in [-0.3, -0.25) is 4.98 Å². The lowest BCUT2D eigenvalue weighted by Gasteiger charge is -2.08. The number of nitrogens with zero attached hydrogens (tertiary/aromatic N) is 1. The van der Waals surface area contributed by atoms with E-state index in [0.29, 0.717) is 17.1 Å². The summed E-state index contributed by atoms with van der Waals surface area (Å²) in [6.07, 6.45) is 1.36. The van der Waals surface area contributed by atoms with E-state index in [0.717, 1.165) is 10.9 Å². The summed E-state index contributed by atoms with van der Waals surface area (Å²) in [4.78, 5) is 16.1. The van der Waals surface area contributed by atoms with Gasteiger partial charge in [0.05, 0.1) is 17.2 Å². The molecule has 0 amide bonds. The van der Waals surface area contributed by atoms with Crippen LogP contribution in [-0.4, -0.2) is 23.9 Å². The van der Waals surface area contributed by atoms with Crippen molar-refractivity contribution in [3.63, 3.8) is 0 Å². The molecule has 1 aliphatic rings. The normalized spacial score (nSPS) is 13.0. The van der Waals surface area contributed by atoms with E-state index in [9.17, 15) is 4.79 Å². The van der Waals surface area contributed by atoms with Crippen LogP contribution in [0.4, 0.5) is 0 Å². The number of benzene rings is 1. The second-order valence-electron chi connectivity index (χ2n) is 4.58. The fraction of sp³-hybridized carbons (Fsp3) is 0.286. The van der Waals surface area contributed by atoms with Crippen LogP contribution in [0.5, 0.6) is 11.5 Å². The van der Waals surface area contributed by atoms with Crippen molar-refractivity contribution in [3.8, 4) is 11.5 Å². The van der Waals surface area contributed by atoms with E-state index in [1.54, 1.807) is 12.1 Å². The fourth-order valence-electron chi connectivity index (χ4n) is 1.91. The average molecular weight is 259 g/mol. The molecule has 1 aromatic carbocycles. The van der Waals surface area contributed by atoms with Crippen molar-refractivity contribution >= 4 is 16.9 Å². The van der Waals surface area contributed by atoms with E-state index < -0.39 is 0 Å². The molecule has 0 saturated heterocycles. The Hall–Kier alpha value is -2.30. The molecule has 1 aliphatic heterocycles. The highest BCUT2D eigenvalue weighted by Gasteiger charge is 2.16. The van der Waals surface area contributed by atoms with Gasteiger partial charge < -0.3 is 14.2 Å². The van der Waals surface area contributed by atoms with Crippen LogP contribution in [0.25, 0.3) is 10.9 Å². The third kappa shape index (κ3) is 2.19. The Morgan fingerprint density at radius 1 is 1.26 bits per heavy atom. The number of esters is 1. The number of hydrogen-bond donors (Lipinski definition) is 0. The van der Waals surface area contributed by atoms with Gasteiger partial charge in [-0.2, -0.15) is 0 Å². The van der Waals surface area contributed by atoms with E-state index in [1.165, 1.54) is 6.20 Å². The van der Waals surface area contributed by atoms with Crippen molar-refractivity contribution in [2.45, 2.75) is 20.0 Å². The first-order valence-corrected chi connectivity index (χ1v) is 6.04. The summed E-state index contributed by atoms with van der Waals surface area (Å²) in [7, 11) is 0. The van der Waals surface area contributed by atoms with Crippen LogP contribution < -0.4 is 9.47 Å². The number of fused-ring (bicyclic) bond motifs is 2. The third-order valence-corrected chi connectivity index (χ3v) is 2.75. The first-order valence-electron chi connectivity index (χ1n) is 6.04. The Bertz CT molecular complexity index is 651. The van der Waals surface area contributed by atoms with Gasteiger partial charge in [-0.25, -0.2) is 4.79 Å². The van der Waals surface area contributed by atoms with Crippen LogP contribution in [0.2, 0.25) is 0 Å². The fourth-order valence-corrected chi connectivity index (χ4v) is 1.91. The number of ether oxygens (including phenoxy) is 3. The lowest BCUT2D eigenvalue weighted by molar-refractivity contribution is 0.0377. The van der Waals surface area contributed by atoms with Crippen LogP contribution in [0, 0.1) is 0 Å². The topological polar surface area (TPSA) is 57.7 Å². The van der Waals surface area contributed by atoms with Crippen molar-refractivity contribution < 1.29 is 19.0 Å². The lowest BCUT2D eigenvalue weighted by atomic mass is 10.1. The number of rotatable bonds is 2. The number of aromatic nitrogens is 1. The zero-order valence-electron chi connectivity index (χ0n) is 10.7. The molecule has 0 unspecified atom stereocenters. The molecule has 2 aromatic rings. The molecule has 0 aliphatic carbocycles. The highest BCUT2D eigenvalue weighted by molar-refractivity contribution is 5.94. The maximum Gasteiger partial charge on any atom is 0.339 e. The monoisotopic (exact) mass is 259 g/mol. The predicted molar refractivity (Wildman–Crippen MR) is 68.4 cm³/mol. The molecule has 0 atom stereocenters. The van der Waals surface area contributed by atoms with Crippen molar-refractivity contribution in [2.75, 3.05) is 6.79 Å². The number of carbonyl (C=O) groups excluding carboxylic acids is 1. The highest BCUT2D eigenvalue weighted by atomic mass is 16.7. The van der Waals surface area contributed by atoms with Gasteiger partial charge >= 0.3 is 5.97 Å². The minimum atomic E-state index is -0.373. The van der Waals surface area contributed by atoms with Gasteiger partial charge in [0.2, 0.25) is 6.79 Å². The zero-order chi connectivity index (χ0) is 13.4. The summed E-state index contributed by atoms with van der Waals surface area (Å²) >= 11 is 0. The predicted octanol–water partition coefficient (Wildman–Crippen LogP) is 2.53. The Kier molecular flexibility index (Phi) is 2.74. The highest BCUT2D eigenvalue weighted by Crippen LogP contribution is 2.35. The van der Waals surface area contributed by atoms with E-state index in [1.807, 2.05) is 19.9 Å². The molecule has 0 N–H and O–H groups in total. The standard InChI is InChI=1S/C14H13NO4/c1-8(2)19-14(16)10-3-9-4-12-13(18-7-17-12)5-11(9)15-6-10/h3-6,8H,7H2,1-2H3. The van der Waals surface area contributed by atoms with Gasteiger partial charge in [0.15, 0.2) is 11.5 Å². The van der Waals surface area contributed by atoms with Gasteiger partial charge in [-0.1, -0.05) is 0 Å². The molecule has 5 heteroatoms. The summed E-state index contributed by atoms with van der Waals surface area (Å²) < 4.78 is 15.7. The van der Waals surface area contributed by atoms with Gasteiger partial charge in [-0.05, 0) is 26.0 Å². The van der Waals surface area contributed by atoms with E-state index in [2.05, 4.69) is 4.98 Å². The number of hydrogen-bond acceptors (Lipinski definition) is 5. The third-order valence-electron chi connectivity index (χ3n) is 2.75. The largest absolute Gasteiger partial charge is 0.459 e. The van der Waals surface area contributed by atoms with Crippen molar-refractivity contribution in [1.29, 1.82) is 0 Å². The average Bonchev–Trinajstić information content (AvgIpc) is 2.81. The quantitative estimate of drug-likeness (QED) is 0.776. The van der Waals surface area contributed by atoms with Crippen molar-refractivity contribution in [3.05, 3.63) is 30.0 Å². The molecular formula is C14H13NO4. The molecular weight excluding hydrogens is 246 g/mol. The molecule has 0 radical (unpaired) electrons. The van der Waals surface area contributed by atoms with Crippen molar-refractivity contribution in [2.24, 2.45) is 0 Å². The zero-order valence-corrected chi connectivity index (χ0v) is 10.7. The maximum atomic E-state index is 11.8. The number of carbonyl (C=O) groups is 1. The Morgan fingerprint density at radius 3 is 2.74 bits per heavy atom. The van der Waals surface area contributed by atoms with Crippen LogP contribution in [0.3, 0.4) is 0 Å². The summed E-state index contributed by atoms with van der Waals surface area (Å²) in [5, 5.41) is 0.822. The molecule has 0 fully saturated rings. The summed E-state index contributed by atoms with van der Waals surface area (Å²) in [6, 6.07) is 5.36. The smallest absolute Gasteiger partial charge is 0.339 e. The first kappa shape index (κ1) is 11.8. The van der Waals surface area contributed by atoms with Gasteiger partial charge in [-0.15, -0.1) is 0 Å². The van der Waals surface area contributed by atoms with Crippen LogP contribution in [-0.2, 0) is 4.74 Å². The Morgan fingerprint density at radius 2 is 2.00 bits per heavy atom. The van der Waals surface area contributed by atoms with Crippen molar-refractivity contribution in [1.82, 2.24) is 4.98 Å². The molecule has 2 heterocycles. The minimum Gasteiger partial charge on any atom is -0.459 e. The van der Waals surface area contributed by atoms with Crippen LogP contribution >= 0.6 is 0 Å². The summed E-state index contributed by atoms with van der Waals surface area (Å²) in [5.74, 6) is 0.975. The number of pyridine rings is 1. The molecule has 3 rings (SSSR count). The van der Waals surface area contributed by atoms with Crippen LogP contribution in [0.1, 0.15) is 24.2 Å². The molecule has 1 aromatic heterocycles. The van der Waals surface area contributed by atoms with Crippen LogP contribution in [0.15, 0.2) is 24.4 Å². The maximum absolute atomic E-state index is 11.8. The second kappa shape index (κ2) is 4.42. The molecule has 19 heavy (non-hydrogen) atoms. The SMILES string of the molecule is CC(C)OC(=O)c1cnc2cc3c(cc2c1)OCO3. The molecule has 98 valence electrons. The summed E-state index contributed by atoms with van der Waals surface area (Å²) in [5.41, 5.74) is 1.19. The van der Waals surface area contributed by atoms with E-state index in [4.69, 9.17) is 14.2 Å². The van der Waals surface area contributed by atoms with E-state index >= 15 is 0 Å². The molecule has 0 saturated carbocycles. The summed E-state index contributed by atoms with van der Waals surface area (Å²) in [6.45, 7) is 3.84. The lowest BCUT2D eigenvalue weighted by Crippen LogP contribution is -2.11. The Balaban J connectivity index is 2.01. The molecule has 0 spiro atoms. The second-order valence-corrected chi connectivity index (χ2v) is 4.58. The first-order chi connectivity index (χ1) is 9.13. The van der Waals surface area contributed by atoms with Gasteiger partial charge in [0.25, 0.3) is 0 Å². The Labute approximate surface area is 110 Å². The van der Waals surface area contributed by atoms with Gasteiger partial charge in [0, 0.05) is 17.6 Å². The molecule has 5 nitrogen and oxygen atoms in total. The van der Waals surface area contributed by atoms with E-state index in [-0.39, 0.29) is 18.9 Å². The van der Waals surface area contributed by atoms with Gasteiger partial charge in [0.1, 0.15) is 0 Å². The minimum absolute atomic E-state index is 0.153. The molecule has 0 bridgehead atoms.